The van der Waals surface area contributed by atoms with Crippen molar-refractivity contribution in [2.75, 3.05) is 7.11 Å². The van der Waals surface area contributed by atoms with Crippen molar-refractivity contribution in [2.45, 2.75) is 19.4 Å². The first-order chi connectivity index (χ1) is 9.65. The van der Waals surface area contributed by atoms with Gasteiger partial charge in [0.05, 0.1) is 13.2 Å². The average molecular weight is 275 g/mol. The van der Waals surface area contributed by atoms with Gasteiger partial charge in [0.15, 0.2) is 0 Å². The molecule has 1 amide bonds. The molecule has 0 fully saturated rings. The van der Waals surface area contributed by atoms with Gasteiger partial charge in [-0.1, -0.05) is 6.92 Å². The summed E-state index contributed by atoms with van der Waals surface area (Å²) in [6.07, 6.45) is 3.72. The number of nitrogens with one attached hydrogen (secondary N) is 1. The molecule has 0 unspecified atom stereocenters. The second-order valence-electron chi connectivity index (χ2n) is 4.26. The number of ether oxygens (including phenoxy) is 1. The van der Waals surface area contributed by atoms with Crippen molar-refractivity contribution in [3.05, 3.63) is 36.2 Å². The summed E-state index contributed by atoms with van der Waals surface area (Å²) in [5.41, 5.74) is 0.310. The van der Waals surface area contributed by atoms with E-state index in [1.165, 1.54) is 12.5 Å². The van der Waals surface area contributed by atoms with Crippen LogP contribution in [-0.4, -0.2) is 32.8 Å². The van der Waals surface area contributed by atoms with E-state index in [0.29, 0.717) is 23.7 Å². The predicted molar refractivity (Wildman–Crippen MR) is 72.3 cm³/mol. The molecule has 0 aliphatic carbocycles. The van der Waals surface area contributed by atoms with E-state index in [4.69, 9.17) is 4.74 Å². The van der Waals surface area contributed by atoms with E-state index in [2.05, 4.69) is 20.4 Å². The number of pyridine rings is 1. The first-order valence-electron chi connectivity index (χ1n) is 6.30. The van der Waals surface area contributed by atoms with E-state index in [9.17, 15) is 4.79 Å². The van der Waals surface area contributed by atoms with Crippen LogP contribution in [-0.2, 0) is 7.05 Å². The molecule has 20 heavy (non-hydrogen) atoms. The third-order valence-corrected chi connectivity index (χ3v) is 2.97. The topological polar surface area (TPSA) is 81.9 Å². The highest BCUT2D eigenvalue weighted by Gasteiger charge is 2.19. The number of aromatic nitrogens is 4. The summed E-state index contributed by atoms with van der Waals surface area (Å²) in [5.74, 6) is 1.04. The Bertz CT molecular complexity index is 596. The molecule has 7 nitrogen and oxygen atoms in total. The molecule has 2 aromatic rings. The molecule has 7 heteroatoms. The van der Waals surface area contributed by atoms with Gasteiger partial charge in [0.1, 0.15) is 23.6 Å². The lowest BCUT2D eigenvalue weighted by atomic mass is 10.2. The minimum Gasteiger partial charge on any atom is -0.497 e. The first-order valence-corrected chi connectivity index (χ1v) is 6.30. The number of aryl methyl sites for hydroxylation is 1. The van der Waals surface area contributed by atoms with Crippen LogP contribution in [0, 0.1) is 0 Å². The number of hydrogen-bond acceptors (Lipinski definition) is 5. The van der Waals surface area contributed by atoms with Crippen LogP contribution in [0.1, 0.15) is 35.7 Å². The van der Waals surface area contributed by atoms with Crippen molar-refractivity contribution in [2.24, 2.45) is 7.05 Å². The zero-order valence-electron chi connectivity index (χ0n) is 11.7. The molecule has 0 bridgehead atoms. The number of carbonyl (C=O) groups is 1. The number of carbonyl (C=O) groups excluding carboxylic acids is 1. The molecule has 0 radical (unpaired) electrons. The lowest BCUT2D eigenvalue weighted by Crippen LogP contribution is -2.30. The molecule has 0 spiro atoms. The Labute approximate surface area is 117 Å². The molecular formula is C13H17N5O2. The molecule has 2 aromatic heterocycles. The second-order valence-corrected chi connectivity index (χ2v) is 4.26. The highest BCUT2D eigenvalue weighted by Crippen LogP contribution is 2.15. The lowest BCUT2D eigenvalue weighted by Gasteiger charge is -2.15. The maximum atomic E-state index is 12.2. The molecule has 2 rings (SSSR count). The van der Waals surface area contributed by atoms with Gasteiger partial charge in [-0.25, -0.2) is 4.98 Å². The van der Waals surface area contributed by atoms with Crippen molar-refractivity contribution >= 4 is 5.91 Å². The highest BCUT2D eigenvalue weighted by atomic mass is 16.5. The minimum atomic E-state index is -0.265. The largest absolute Gasteiger partial charge is 0.497 e. The lowest BCUT2D eigenvalue weighted by molar-refractivity contribution is 0.0927. The van der Waals surface area contributed by atoms with Crippen LogP contribution in [0.3, 0.4) is 0 Å². The van der Waals surface area contributed by atoms with Crippen LogP contribution >= 0.6 is 0 Å². The number of methoxy groups -OCH3 is 1. The molecular weight excluding hydrogens is 258 g/mol. The van der Waals surface area contributed by atoms with Crippen LogP contribution in [0.15, 0.2) is 24.7 Å². The zero-order valence-corrected chi connectivity index (χ0v) is 11.7. The number of nitrogens with zero attached hydrogens (tertiary/aromatic N) is 4. The smallest absolute Gasteiger partial charge is 0.270 e. The Morgan fingerprint density at radius 1 is 1.50 bits per heavy atom. The maximum Gasteiger partial charge on any atom is 0.270 e. The number of amides is 1. The SMILES string of the molecule is CC[C@H](NC(=O)c1cc(OC)ccn1)c1ncnn1C. The van der Waals surface area contributed by atoms with E-state index >= 15 is 0 Å². The Kier molecular flexibility index (Phi) is 4.29. The Morgan fingerprint density at radius 3 is 2.90 bits per heavy atom. The van der Waals surface area contributed by atoms with Crippen molar-refractivity contribution in [1.82, 2.24) is 25.1 Å². The summed E-state index contributed by atoms with van der Waals surface area (Å²) >= 11 is 0. The average Bonchev–Trinajstić information content (AvgIpc) is 2.90. The second kappa shape index (κ2) is 6.14. The van der Waals surface area contributed by atoms with Crippen LogP contribution in [0.2, 0.25) is 0 Å². The fourth-order valence-electron chi connectivity index (χ4n) is 1.86. The van der Waals surface area contributed by atoms with E-state index in [0.717, 1.165) is 0 Å². The van der Waals surface area contributed by atoms with Crippen molar-refractivity contribution < 1.29 is 9.53 Å². The van der Waals surface area contributed by atoms with Crippen molar-refractivity contribution in [1.29, 1.82) is 0 Å². The molecule has 1 N–H and O–H groups in total. The molecule has 0 saturated carbocycles. The standard InChI is InChI=1S/C13H17N5O2/c1-4-10(12-15-8-16-18(12)2)17-13(19)11-7-9(20-3)5-6-14-11/h5-8,10H,4H2,1-3H3,(H,17,19)/t10-/m0/s1. The van der Waals surface area contributed by atoms with Gasteiger partial charge in [-0.05, 0) is 12.5 Å². The van der Waals surface area contributed by atoms with E-state index in [1.54, 1.807) is 31.0 Å². The predicted octanol–water partition coefficient (Wildman–Crippen LogP) is 1.10. The molecule has 0 saturated heterocycles. The quantitative estimate of drug-likeness (QED) is 0.883. The summed E-state index contributed by atoms with van der Waals surface area (Å²) in [6.45, 7) is 1.97. The van der Waals surface area contributed by atoms with Gasteiger partial charge < -0.3 is 10.1 Å². The van der Waals surface area contributed by atoms with Gasteiger partial charge in [-0.3, -0.25) is 14.5 Å². The molecule has 106 valence electrons. The maximum absolute atomic E-state index is 12.2. The van der Waals surface area contributed by atoms with Gasteiger partial charge in [-0.2, -0.15) is 5.10 Å². The van der Waals surface area contributed by atoms with Gasteiger partial charge in [0.25, 0.3) is 5.91 Å². The van der Waals surface area contributed by atoms with Gasteiger partial charge in [0.2, 0.25) is 0 Å². The van der Waals surface area contributed by atoms with Crippen LogP contribution in [0.4, 0.5) is 0 Å². The molecule has 0 aliphatic heterocycles. The van der Waals surface area contributed by atoms with Crippen molar-refractivity contribution in [3.8, 4) is 5.75 Å². The number of rotatable bonds is 5. The third-order valence-electron chi connectivity index (χ3n) is 2.97. The van der Waals surface area contributed by atoms with Crippen LogP contribution in [0.25, 0.3) is 0 Å². The summed E-state index contributed by atoms with van der Waals surface area (Å²) in [4.78, 5) is 20.4. The third kappa shape index (κ3) is 2.93. The normalized spacial score (nSPS) is 11.9. The van der Waals surface area contributed by atoms with Gasteiger partial charge in [-0.15, -0.1) is 0 Å². The summed E-state index contributed by atoms with van der Waals surface area (Å²) in [6, 6.07) is 3.08. The minimum absolute atomic E-state index is 0.206. The van der Waals surface area contributed by atoms with Crippen LogP contribution < -0.4 is 10.1 Å². The highest BCUT2D eigenvalue weighted by molar-refractivity contribution is 5.92. The summed E-state index contributed by atoms with van der Waals surface area (Å²) in [7, 11) is 3.34. The van der Waals surface area contributed by atoms with E-state index in [-0.39, 0.29) is 11.9 Å². The van der Waals surface area contributed by atoms with E-state index in [1.807, 2.05) is 6.92 Å². The summed E-state index contributed by atoms with van der Waals surface area (Å²) < 4.78 is 6.73. The molecule has 0 aliphatic rings. The van der Waals surface area contributed by atoms with Gasteiger partial charge >= 0.3 is 0 Å². The Balaban J connectivity index is 2.15. The van der Waals surface area contributed by atoms with Crippen molar-refractivity contribution in [3.63, 3.8) is 0 Å². The fourth-order valence-corrected chi connectivity index (χ4v) is 1.86. The Morgan fingerprint density at radius 2 is 2.30 bits per heavy atom. The summed E-state index contributed by atoms with van der Waals surface area (Å²) in [5, 5.41) is 6.91. The molecule has 2 heterocycles. The fraction of sp³-hybridized carbons (Fsp3) is 0.385. The Hall–Kier alpha value is -2.44. The first kappa shape index (κ1) is 14.0. The number of hydrogen-bond donors (Lipinski definition) is 1. The molecule has 0 aromatic carbocycles. The van der Waals surface area contributed by atoms with Gasteiger partial charge in [0, 0.05) is 19.3 Å². The monoisotopic (exact) mass is 275 g/mol. The van der Waals surface area contributed by atoms with E-state index < -0.39 is 0 Å². The molecule has 1 atom stereocenters. The zero-order chi connectivity index (χ0) is 14.5. The van der Waals surface area contributed by atoms with Crippen LogP contribution in [0.5, 0.6) is 5.75 Å².